The molecule has 0 bridgehead atoms. The second kappa shape index (κ2) is 8.17. The van der Waals surface area contributed by atoms with E-state index in [9.17, 15) is 4.79 Å². The van der Waals surface area contributed by atoms with Crippen molar-refractivity contribution in [3.63, 3.8) is 0 Å². The van der Waals surface area contributed by atoms with Crippen molar-refractivity contribution in [2.24, 2.45) is 17.6 Å². The average molecular weight is 294 g/mol. The average Bonchev–Trinajstić information content (AvgIpc) is 2.96. The van der Waals surface area contributed by atoms with E-state index in [1.165, 1.54) is 44.9 Å². The number of amides is 1. The zero-order valence-electron chi connectivity index (χ0n) is 14.0. The maximum atomic E-state index is 12.8. The lowest BCUT2D eigenvalue weighted by Gasteiger charge is -2.35. The number of nitrogens with zero attached hydrogens (tertiary/aromatic N) is 1. The molecule has 1 aliphatic carbocycles. The standard InChI is InChI=1S/C18H34N2O/c1-14(8-6-9-15(2)19)18(21)20-13-7-12-17(20)16-10-4-3-5-11-16/h14-17H,3-13,19H2,1-2H3. The molecule has 2 fully saturated rings. The van der Waals surface area contributed by atoms with E-state index in [2.05, 4.69) is 11.8 Å². The molecule has 0 spiro atoms. The Kier molecular flexibility index (Phi) is 6.53. The largest absolute Gasteiger partial charge is 0.339 e. The summed E-state index contributed by atoms with van der Waals surface area (Å²) in [7, 11) is 0. The molecule has 0 radical (unpaired) electrons. The van der Waals surface area contributed by atoms with Gasteiger partial charge >= 0.3 is 0 Å². The van der Waals surface area contributed by atoms with Gasteiger partial charge in [0.1, 0.15) is 0 Å². The van der Waals surface area contributed by atoms with Crippen LogP contribution in [0.4, 0.5) is 0 Å². The Morgan fingerprint density at radius 2 is 1.81 bits per heavy atom. The molecule has 3 unspecified atom stereocenters. The fourth-order valence-electron chi connectivity index (χ4n) is 4.23. The van der Waals surface area contributed by atoms with Crippen LogP contribution in [0.25, 0.3) is 0 Å². The predicted octanol–water partition coefficient (Wildman–Crippen LogP) is 3.71. The molecule has 2 N–H and O–H groups in total. The van der Waals surface area contributed by atoms with Crippen molar-refractivity contribution in [1.29, 1.82) is 0 Å². The highest BCUT2D eigenvalue weighted by Gasteiger charge is 2.36. The Morgan fingerprint density at radius 3 is 2.48 bits per heavy atom. The third-order valence-electron chi connectivity index (χ3n) is 5.49. The first-order valence-electron chi connectivity index (χ1n) is 9.15. The van der Waals surface area contributed by atoms with E-state index in [1.807, 2.05) is 6.92 Å². The first-order chi connectivity index (χ1) is 10.1. The van der Waals surface area contributed by atoms with Crippen molar-refractivity contribution in [3.8, 4) is 0 Å². The van der Waals surface area contributed by atoms with E-state index in [0.717, 1.165) is 31.7 Å². The van der Waals surface area contributed by atoms with Gasteiger partial charge in [-0.3, -0.25) is 4.79 Å². The van der Waals surface area contributed by atoms with Gasteiger partial charge in [0.15, 0.2) is 0 Å². The van der Waals surface area contributed by atoms with Gasteiger partial charge in [-0.1, -0.05) is 32.6 Å². The van der Waals surface area contributed by atoms with Gasteiger partial charge < -0.3 is 10.6 Å². The molecule has 1 saturated carbocycles. The zero-order chi connectivity index (χ0) is 15.2. The van der Waals surface area contributed by atoms with E-state index in [-0.39, 0.29) is 12.0 Å². The summed E-state index contributed by atoms with van der Waals surface area (Å²) in [4.78, 5) is 15.0. The minimum absolute atomic E-state index is 0.174. The molecule has 1 amide bonds. The SMILES string of the molecule is CC(N)CCCC(C)C(=O)N1CCCC1C1CCCCC1. The van der Waals surface area contributed by atoms with Gasteiger partial charge in [0.05, 0.1) is 0 Å². The second-order valence-electron chi connectivity index (χ2n) is 7.45. The molecule has 0 aromatic carbocycles. The molecule has 21 heavy (non-hydrogen) atoms. The van der Waals surface area contributed by atoms with Crippen LogP contribution in [0, 0.1) is 11.8 Å². The molecule has 1 saturated heterocycles. The normalized spacial score (nSPS) is 26.8. The smallest absolute Gasteiger partial charge is 0.225 e. The lowest BCUT2D eigenvalue weighted by molar-refractivity contribution is -0.137. The molecule has 1 heterocycles. The zero-order valence-corrected chi connectivity index (χ0v) is 14.0. The van der Waals surface area contributed by atoms with Crippen molar-refractivity contribution in [3.05, 3.63) is 0 Å². The summed E-state index contributed by atoms with van der Waals surface area (Å²) in [5.74, 6) is 1.36. The number of carbonyl (C=O) groups is 1. The Labute approximate surface area is 130 Å². The molecule has 0 aromatic heterocycles. The van der Waals surface area contributed by atoms with Crippen LogP contribution in [0.2, 0.25) is 0 Å². The van der Waals surface area contributed by atoms with Gasteiger partial charge in [0.25, 0.3) is 0 Å². The van der Waals surface area contributed by atoms with Crippen LogP contribution >= 0.6 is 0 Å². The third-order valence-corrected chi connectivity index (χ3v) is 5.49. The molecule has 2 aliphatic rings. The Hall–Kier alpha value is -0.570. The monoisotopic (exact) mass is 294 g/mol. The molecule has 0 aromatic rings. The first kappa shape index (κ1) is 16.8. The van der Waals surface area contributed by atoms with E-state index in [0.29, 0.717) is 11.9 Å². The molecule has 1 aliphatic heterocycles. The fourth-order valence-corrected chi connectivity index (χ4v) is 4.23. The van der Waals surface area contributed by atoms with Crippen LogP contribution in [-0.4, -0.2) is 29.4 Å². The van der Waals surface area contributed by atoms with Crippen molar-refractivity contribution in [2.75, 3.05) is 6.54 Å². The molecule has 3 nitrogen and oxygen atoms in total. The highest BCUT2D eigenvalue weighted by atomic mass is 16.2. The highest BCUT2D eigenvalue weighted by molar-refractivity contribution is 5.79. The van der Waals surface area contributed by atoms with Crippen LogP contribution < -0.4 is 5.73 Å². The Bertz CT molecular complexity index is 323. The molecular weight excluding hydrogens is 260 g/mol. The summed E-state index contributed by atoms with van der Waals surface area (Å²) < 4.78 is 0. The topological polar surface area (TPSA) is 46.3 Å². The number of nitrogens with two attached hydrogens (primary N) is 1. The summed E-state index contributed by atoms with van der Waals surface area (Å²) in [5.41, 5.74) is 5.80. The molecule has 122 valence electrons. The number of hydrogen-bond acceptors (Lipinski definition) is 2. The molecule has 2 rings (SSSR count). The van der Waals surface area contributed by atoms with Crippen LogP contribution in [0.1, 0.15) is 78.1 Å². The summed E-state index contributed by atoms with van der Waals surface area (Å²) in [6.45, 7) is 5.16. The number of rotatable bonds is 6. The quantitative estimate of drug-likeness (QED) is 0.811. The minimum Gasteiger partial charge on any atom is -0.339 e. The summed E-state index contributed by atoms with van der Waals surface area (Å²) >= 11 is 0. The van der Waals surface area contributed by atoms with Gasteiger partial charge in [-0.15, -0.1) is 0 Å². The number of likely N-dealkylation sites (tertiary alicyclic amines) is 1. The predicted molar refractivity (Wildman–Crippen MR) is 88.0 cm³/mol. The van der Waals surface area contributed by atoms with E-state index >= 15 is 0 Å². The lowest BCUT2D eigenvalue weighted by Crippen LogP contribution is -2.43. The maximum Gasteiger partial charge on any atom is 0.225 e. The Balaban J connectivity index is 1.84. The molecular formula is C18H34N2O. The lowest BCUT2D eigenvalue weighted by atomic mass is 9.82. The molecule has 3 heteroatoms. The van der Waals surface area contributed by atoms with Crippen molar-refractivity contribution in [2.45, 2.75) is 90.1 Å². The second-order valence-corrected chi connectivity index (χ2v) is 7.45. The van der Waals surface area contributed by atoms with E-state index in [4.69, 9.17) is 5.73 Å². The van der Waals surface area contributed by atoms with Crippen LogP contribution in [0.5, 0.6) is 0 Å². The fraction of sp³-hybridized carbons (Fsp3) is 0.944. The van der Waals surface area contributed by atoms with Crippen molar-refractivity contribution < 1.29 is 4.79 Å². The number of carbonyl (C=O) groups excluding carboxylic acids is 1. The van der Waals surface area contributed by atoms with Gasteiger partial charge in [-0.25, -0.2) is 0 Å². The van der Waals surface area contributed by atoms with E-state index in [1.54, 1.807) is 0 Å². The Morgan fingerprint density at radius 1 is 1.10 bits per heavy atom. The van der Waals surface area contributed by atoms with Crippen LogP contribution in [0.15, 0.2) is 0 Å². The van der Waals surface area contributed by atoms with Gasteiger partial charge in [-0.05, 0) is 51.4 Å². The van der Waals surface area contributed by atoms with E-state index < -0.39 is 0 Å². The van der Waals surface area contributed by atoms with Gasteiger partial charge in [-0.2, -0.15) is 0 Å². The van der Waals surface area contributed by atoms with Gasteiger partial charge in [0, 0.05) is 24.5 Å². The van der Waals surface area contributed by atoms with Gasteiger partial charge in [0.2, 0.25) is 5.91 Å². The summed E-state index contributed by atoms with van der Waals surface area (Å²) in [5, 5.41) is 0. The highest BCUT2D eigenvalue weighted by Crippen LogP contribution is 2.35. The molecule has 3 atom stereocenters. The van der Waals surface area contributed by atoms with Crippen molar-refractivity contribution in [1.82, 2.24) is 4.90 Å². The van der Waals surface area contributed by atoms with Crippen LogP contribution in [0.3, 0.4) is 0 Å². The summed E-state index contributed by atoms with van der Waals surface area (Å²) in [6.07, 6.45) is 12.4. The van der Waals surface area contributed by atoms with Crippen molar-refractivity contribution >= 4 is 5.91 Å². The van der Waals surface area contributed by atoms with Crippen LogP contribution in [-0.2, 0) is 4.79 Å². The number of hydrogen-bond donors (Lipinski definition) is 1. The first-order valence-corrected chi connectivity index (χ1v) is 9.15. The maximum absolute atomic E-state index is 12.8. The third kappa shape index (κ3) is 4.70. The summed E-state index contributed by atoms with van der Waals surface area (Å²) in [6, 6.07) is 0.808. The minimum atomic E-state index is 0.174.